The fourth-order valence-electron chi connectivity index (χ4n) is 2.23. The van der Waals surface area contributed by atoms with Gasteiger partial charge in [-0.1, -0.05) is 18.2 Å². The lowest BCUT2D eigenvalue weighted by molar-refractivity contribution is -0.798. The topological polar surface area (TPSA) is 128 Å². The first-order chi connectivity index (χ1) is 10.6. The van der Waals surface area contributed by atoms with Gasteiger partial charge in [-0.2, -0.15) is 0 Å². The van der Waals surface area contributed by atoms with E-state index in [9.17, 15) is 20.2 Å². The van der Waals surface area contributed by atoms with Crippen molar-refractivity contribution >= 4 is 11.0 Å². The van der Waals surface area contributed by atoms with E-state index in [1.54, 1.807) is 24.3 Å². The molecule has 0 aliphatic carbocycles. The van der Waals surface area contributed by atoms with Crippen LogP contribution in [-0.4, -0.2) is 24.8 Å². The second-order valence-electron chi connectivity index (χ2n) is 4.50. The van der Waals surface area contributed by atoms with E-state index in [4.69, 9.17) is 0 Å². The number of nitrogens with one attached hydrogen (secondary N) is 1. The van der Waals surface area contributed by atoms with Crippen molar-refractivity contribution in [1.82, 2.24) is 15.0 Å². The van der Waals surface area contributed by atoms with Gasteiger partial charge < -0.3 is 4.98 Å². The monoisotopic (exact) mass is 299 g/mol. The predicted molar refractivity (Wildman–Crippen MR) is 75.1 cm³/mol. The van der Waals surface area contributed by atoms with E-state index < -0.39 is 15.5 Å². The molecule has 0 spiro atoms. The Morgan fingerprint density at radius 2 is 1.68 bits per heavy atom. The molecule has 3 aromatic rings. The summed E-state index contributed by atoms with van der Waals surface area (Å²) in [5.74, 6) is -0.387. The Morgan fingerprint density at radius 3 is 2.27 bits per heavy atom. The molecular weight excluding hydrogens is 290 g/mol. The quantitative estimate of drug-likeness (QED) is 0.443. The van der Waals surface area contributed by atoms with Gasteiger partial charge in [-0.3, -0.25) is 20.2 Å². The van der Waals surface area contributed by atoms with Crippen molar-refractivity contribution in [2.45, 2.75) is 5.66 Å². The molecule has 2 heterocycles. The first kappa shape index (κ1) is 13.6. The molecule has 0 amide bonds. The molecule has 0 atom stereocenters. The Labute approximate surface area is 122 Å². The van der Waals surface area contributed by atoms with Crippen molar-refractivity contribution in [1.29, 1.82) is 0 Å². The molecule has 1 aromatic carbocycles. The van der Waals surface area contributed by atoms with Crippen molar-refractivity contribution < 1.29 is 9.85 Å². The van der Waals surface area contributed by atoms with Crippen LogP contribution in [0.5, 0.6) is 0 Å². The molecule has 22 heavy (non-hydrogen) atoms. The number of imidazole rings is 1. The standard InChI is InChI=1S/C13H9N5O4/c19-17(20)13(18(21)22,11-7-3-4-8-14-11)12-15-9-5-1-2-6-10(9)16-12/h1-8H,(H,15,16). The van der Waals surface area contributed by atoms with Gasteiger partial charge in [0.25, 0.3) is 5.82 Å². The third-order valence-electron chi connectivity index (χ3n) is 3.27. The molecule has 0 bridgehead atoms. The summed E-state index contributed by atoms with van der Waals surface area (Å²) in [5.41, 5.74) is -2.22. The SMILES string of the molecule is O=[N+]([O-])C(c1ccccn1)(c1nc2ccccc2[nH]1)[N+](=O)[O-]. The van der Waals surface area contributed by atoms with E-state index in [0.717, 1.165) is 0 Å². The van der Waals surface area contributed by atoms with Gasteiger partial charge in [0.15, 0.2) is 0 Å². The van der Waals surface area contributed by atoms with Crippen LogP contribution in [0.15, 0.2) is 48.7 Å². The van der Waals surface area contributed by atoms with Gasteiger partial charge in [0, 0.05) is 6.20 Å². The van der Waals surface area contributed by atoms with Crippen LogP contribution >= 0.6 is 0 Å². The molecule has 0 aliphatic heterocycles. The highest BCUT2D eigenvalue weighted by Gasteiger charge is 2.64. The van der Waals surface area contributed by atoms with Crippen LogP contribution in [0.3, 0.4) is 0 Å². The maximum Gasteiger partial charge on any atom is 0.557 e. The van der Waals surface area contributed by atoms with Gasteiger partial charge in [-0.05, 0) is 24.3 Å². The summed E-state index contributed by atoms with van der Waals surface area (Å²) in [6.45, 7) is 0. The minimum Gasteiger partial charge on any atom is -0.329 e. The van der Waals surface area contributed by atoms with E-state index in [-0.39, 0.29) is 11.5 Å². The third kappa shape index (κ3) is 1.79. The first-order valence-corrected chi connectivity index (χ1v) is 6.22. The number of fused-ring (bicyclic) bond motifs is 1. The predicted octanol–water partition coefficient (Wildman–Crippen LogP) is 1.71. The minimum atomic E-state index is -2.78. The Morgan fingerprint density at radius 1 is 1.00 bits per heavy atom. The molecular formula is C13H9N5O4. The smallest absolute Gasteiger partial charge is 0.329 e. The summed E-state index contributed by atoms with van der Waals surface area (Å²) < 4.78 is 0. The fourth-order valence-corrected chi connectivity index (χ4v) is 2.23. The Balaban J connectivity index is 2.34. The third-order valence-corrected chi connectivity index (χ3v) is 3.27. The van der Waals surface area contributed by atoms with Crippen molar-refractivity contribution in [3.63, 3.8) is 0 Å². The number of hydrogen-bond acceptors (Lipinski definition) is 6. The van der Waals surface area contributed by atoms with Crippen LogP contribution in [0.25, 0.3) is 11.0 Å². The molecule has 9 heteroatoms. The molecule has 0 fully saturated rings. The molecule has 0 unspecified atom stereocenters. The molecule has 2 aromatic heterocycles. The second kappa shape index (κ2) is 4.88. The number of aromatic amines is 1. The lowest BCUT2D eigenvalue weighted by Gasteiger charge is -2.13. The van der Waals surface area contributed by atoms with E-state index in [1.807, 2.05) is 0 Å². The highest BCUT2D eigenvalue weighted by atomic mass is 16.7. The van der Waals surface area contributed by atoms with Gasteiger partial charge in [-0.25, -0.2) is 9.97 Å². The first-order valence-electron chi connectivity index (χ1n) is 6.22. The number of aromatic nitrogens is 3. The number of nitrogens with zero attached hydrogens (tertiary/aromatic N) is 4. The van der Waals surface area contributed by atoms with Crippen molar-refractivity contribution in [3.8, 4) is 0 Å². The van der Waals surface area contributed by atoms with Crippen molar-refractivity contribution in [2.24, 2.45) is 0 Å². The minimum absolute atomic E-state index is 0.316. The Kier molecular flexibility index (Phi) is 3.02. The van der Waals surface area contributed by atoms with Crippen molar-refractivity contribution in [3.05, 3.63) is 80.4 Å². The zero-order valence-corrected chi connectivity index (χ0v) is 11.0. The number of nitro groups is 2. The zero-order chi connectivity index (χ0) is 15.7. The Hall–Kier alpha value is -3.36. The molecule has 0 saturated heterocycles. The number of hydrogen-bond donors (Lipinski definition) is 1. The largest absolute Gasteiger partial charge is 0.557 e. The molecule has 0 saturated carbocycles. The van der Waals surface area contributed by atoms with Crippen LogP contribution in [0, 0.1) is 20.2 Å². The van der Waals surface area contributed by atoms with E-state index in [0.29, 0.717) is 11.0 Å². The summed E-state index contributed by atoms with van der Waals surface area (Å²) in [5, 5.41) is 23.2. The highest BCUT2D eigenvalue weighted by Crippen LogP contribution is 2.31. The van der Waals surface area contributed by atoms with E-state index in [1.165, 1.54) is 24.4 Å². The number of rotatable bonds is 4. The lowest BCUT2D eigenvalue weighted by Crippen LogP contribution is -2.46. The van der Waals surface area contributed by atoms with Gasteiger partial charge >= 0.3 is 5.66 Å². The van der Waals surface area contributed by atoms with Crippen LogP contribution in [0.2, 0.25) is 0 Å². The summed E-state index contributed by atoms with van der Waals surface area (Å²) in [6, 6.07) is 10.8. The maximum absolute atomic E-state index is 11.6. The second-order valence-corrected chi connectivity index (χ2v) is 4.50. The Bertz CT molecular complexity index is 814. The average molecular weight is 299 g/mol. The summed E-state index contributed by atoms with van der Waals surface area (Å²) in [6.07, 6.45) is 1.26. The number of H-pyrrole nitrogens is 1. The van der Waals surface area contributed by atoms with Crippen LogP contribution in [-0.2, 0) is 5.66 Å². The van der Waals surface area contributed by atoms with Crippen molar-refractivity contribution in [2.75, 3.05) is 0 Å². The highest BCUT2D eigenvalue weighted by molar-refractivity contribution is 5.75. The summed E-state index contributed by atoms with van der Waals surface area (Å²) >= 11 is 0. The van der Waals surface area contributed by atoms with Gasteiger partial charge in [-0.15, -0.1) is 0 Å². The molecule has 3 rings (SSSR count). The van der Waals surface area contributed by atoms with Gasteiger partial charge in [0.05, 0.1) is 11.0 Å². The number of para-hydroxylation sites is 2. The molecule has 110 valence electrons. The van der Waals surface area contributed by atoms with E-state index in [2.05, 4.69) is 15.0 Å². The average Bonchev–Trinajstić information content (AvgIpc) is 2.92. The normalized spacial score (nSPS) is 11.5. The molecule has 1 N–H and O–H groups in total. The maximum atomic E-state index is 11.6. The molecule has 9 nitrogen and oxygen atoms in total. The van der Waals surface area contributed by atoms with Gasteiger partial charge in [0.1, 0.15) is 9.85 Å². The van der Waals surface area contributed by atoms with Crippen LogP contribution in [0.4, 0.5) is 0 Å². The number of pyridine rings is 1. The fraction of sp³-hybridized carbons (Fsp3) is 0.0769. The summed E-state index contributed by atoms with van der Waals surface area (Å²) in [4.78, 5) is 31.7. The molecule has 0 aliphatic rings. The zero-order valence-electron chi connectivity index (χ0n) is 11.0. The van der Waals surface area contributed by atoms with E-state index >= 15 is 0 Å². The summed E-state index contributed by atoms with van der Waals surface area (Å²) in [7, 11) is 0. The molecule has 0 radical (unpaired) electrons. The van der Waals surface area contributed by atoms with Crippen LogP contribution < -0.4 is 0 Å². The lowest BCUT2D eigenvalue weighted by atomic mass is 10.1. The van der Waals surface area contributed by atoms with Gasteiger partial charge in [0.2, 0.25) is 5.69 Å². The van der Waals surface area contributed by atoms with Crippen LogP contribution in [0.1, 0.15) is 11.5 Å². The number of benzene rings is 1.